The van der Waals surface area contributed by atoms with Crippen LogP contribution in [0.25, 0.3) is 0 Å². The van der Waals surface area contributed by atoms with Crippen LogP contribution in [-0.2, 0) is 22.3 Å². The SMILES string of the molecule is CC1(C)CC2=C(O)[C@H](N3CC[C@@H](OCCCCc4ccc5c(n4)NCCC5)C3)c3cc(F)ccc3C2O1. The van der Waals surface area contributed by atoms with Gasteiger partial charge in [-0.05, 0) is 87.3 Å². The summed E-state index contributed by atoms with van der Waals surface area (Å²) in [6.07, 6.45) is 6.70. The van der Waals surface area contributed by atoms with E-state index in [2.05, 4.69) is 22.3 Å². The van der Waals surface area contributed by atoms with E-state index in [9.17, 15) is 9.50 Å². The van der Waals surface area contributed by atoms with Crippen molar-refractivity contribution in [1.29, 1.82) is 0 Å². The monoisotopic (exact) mass is 507 g/mol. The van der Waals surface area contributed by atoms with Crippen LogP contribution < -0.4 is 5.32 Å². The first-order valence-corrected chi connectivity index (χ1v) is 13.9. The lowest BCUT2D eigenvalue weighted by molar-refractivity contribution is -0.0148. The van der Waals surface area contributed by atoms with E-state index in [1.54, 1.807) is 6.07 Å². The van der Waals surface area contributed by atoms with Crippen LogP contribution in [0.1, 0.15) is 80.5 Å². The largest absolute Gasteiger partial charge is 0.510 e. The first-order valence-electron chi connectivity index (χ1n) is 13.9. The number of likely N-dealkylation sites (tertiary alicyclic amines) is 1. The highest BCUT2D eigenvalue weighted by atomic mass is 19.1. The van der Waals surface area contributed by atoms with Gasteiger partial charge in [0.25, 0.3) is 0 Å². The molecule has 1 aromatic carbocycles. The van der Waals surface area contributed by atoms with Crippen molar-refractivity contribution < 1.29 is 19.0 Å². The standard InChI is InChI=1S/C30H38FN3O3/c1-30(2)17-25-27(35)26(24-16-20(31)9-11-23(24)28(25)37-30)34-14-12-22(18-34)36-15-4-3-7-21-10-8-19-6-5-13-32-29(19)33-21/h8-11,16,22,26,28,35H,3-7,12-15,17-18H2,1-2H3,(H,32,33)/t22-,26-,28?/m1/s1. The lowest BCUT2D eigenvalue weighted by Gasteiger charge is -2.35. The Labute approximate surface area is 218 Å². The van der Waals surface area contributed by atoms with Crippen molar-refractivity contribution in [2.45, 2.75) is 82.6 Å². The summed E-state index contributed by atoms with van der Waals surface area (Å²) < 4.78 is 26.8. The predicted octanol–water partition coefficient (Wildman–Crippen LogP) is 5.80. The number of benzene rings is 1. The van der Waals surface area contributed by atoms with Gasteiger partial charge in [-0.25, -0.2) is 9.37 Å². The van der Waals surface area contributed by atoms with Crippen molar-refractivity contribution in [3.8, 4) is 0 Å². The van der Waals surface area contributed by atoms with E-state index < -0.39 is 0 Å². The molecule has 4 heterocycles. The van der Waals surface area contributed by atoms with E-state index in [0.29, 0.717) is 12.2 Å². The van der Waals surface area contributed by atoms with Gasteiger partial charge in [-0.3, -0.25) is 4.90 Å². The van der Waals surface area contributed by atoms with E-state index in [1.807, 2.05) is 19.9 Å². The Morgan fingerprint density at radius 1 is 1.22 bits per heavy atom. The van der Waals surface area contributed by atoms with Gasteiger partial charge in [0.2, 0.25) is 0 Å². The van der Waals surface area contributed by atoms with Crippen molar-refractivity contribution in [1.82, 2.24) is 9.88 Å². The fourth-order valence-electron chi connectivity index (χ4n) is 6.46. The second-order valence-corrected chi connectivity index (χ2v) is 11.6. The van der Waals surface area contributed by atoms with Crippen LogP contribution in [-0.4, -0.2) is 52.9 Å². The minimum Gasteiger partial charge on any atom is -0.510 e. The van der Waals surface area contributed by atoms with Crippen LogP contribution in [0.3, 0.4) is 0 Å². The number of hydrogen-bond acceptors (Lipinski definition) is 6. The Morgan fingerprint density at radius 3 is 3.00 bits per heavy atom. The average molecular weight is 508 g/mol. The quantitative estimate of drug-likeness (QED) is 0.462. The van der Waals surface area contributed by atoms with E-state index >= 15 is 0 Å². The number of ether oxygens (including phenoxy) is 2. The van der Waals surface area contributed by atoms with Crippen molar-refractivity contribution in [2.75, 3.05) is 31.6 Å². The average Bonchev–Trinajstić information content (AvgIpc) is 3.47. The lowest BCUT2D eigenvalue weighted by Crippen LogP contribution is -2.33. The number of halogens is 1. The van der Waals surface area contributed by atoms with Gasteiger partial charge in [0, 0.05) is 43.9 Å². The van der Waals surface area contributed by atoms with Crippen LogP contribution in [0.2, 0.25) is 0 Å². The van der Waals surface area contributed by atoms with Crippen LogP contribution in [0.15, 0.2) is 41.7 Å². The van der Waals surface area contributed by atoms with Gasteiger partial charge in [-0.1, -0.05) is 12.1 Å². The highest BCUT2D eigenvalue weighted by Crippen LogP contribution is 2.53. The summed E-state index contributed by atoms with van der Waals surface area (Å²) in [5.74, 6) is 1.11. The first kappa shape index (κ1) is 24.8. The summed E-state index contributed by atoms with van der Waals surface area (Å²) in [5.41, 5.74) is 4.84. The number of aliphatic hydroxyl groups excluding tert-OH is 1. The number of anilines is 1. The first-order chi connectivity index (χ1) is 17.9. The molecule has 2 aromatic rings. The van der Waals surface area contributed by atoms with Gasteiger partial charge in [-0.15, -0.1) is 0 Å². The molecule has 3 atom stereocenters. The van der Waals surface area contributed by atoms with Crippen LogP contribution in [0.4, 0.5) is 10.2 Å². The molecule has 4 aliphatic rings. The van der Waals surface area contributed by atoms with Crippen LogP contribution >= 0.6 is 0 Å². The van der Waals surface area contributed by atoms with Crippen molar-refractivity contribution in [3.05, 3.63) is 69.9 Å². The minimum atomic E-state index is -0.351. The fraction of sp³-hybridized carbons (Fsp3) is 0.567. The molecule has 0 amide bonds. The molecule has 2 fully saturated rings. The molecule has 6 rings (SSSR count). The molecule has 3 aliphatic heterocycles. The second kappa shape index (κ2) is 10.0. The van der Waals surface area contributed by atoms with Crippen molar-refractivity contribution in [2.24, 2.45) is 0 Å². The van der Waals surface area contributed by atoms with E-state index in [1.165, 1.54) is 18.1 Å². The third kappa shape index (κ3) is 5.01. The number of rotatable bonds is 7. The molecule has 6 nitrogen and oxygen atoms in total. The van der Waals surface area contributed by atoms with E-state index in [-0.39, 0.29) is 29.7 Å². The molecule has 1 aromatic heterocycles. The summed E-state index contributed by atoms with van der Waals surface area (Å²) in [5, 5.41) is 14.8. The molecule has 2 saturated heterocycles. The highest BCUT2D eigenvalue weighted by molar-refractivity contribution is 5.48. The summed E-state index contributed by atoms with van der Waals surface area (Å²) in [6.45, 7) is 7.35. The maximum Gasteiger partial charge on any atom is 0.129 e. The molecule has 2 N–H and O–H groups in total. The van der Waals surface area contributed by atoms with Crippen molar-refractivity contribution >= 4 is 5.82 Å². The summed E-state index contributed by atoms with van der Waals surface area (Å²) in [6, 6.07) is 8.93. The molecule has 198 valence electrons. The number of nitrogens with zero attached hydrogens (tertiary/aromatic N) is 2. The van der Waals surface area contributed by atoms with Crippen molar-refractivity contribution in [3.63, 3.8) is 0 Å². The zero-order valence-electron chi connectivity index (χ0n) is 21.9. The minimum absolute atomic E-state index is 0.120. The zero-order valence-corrected chi connectivity index (χ0v) is 21.9. The van der Waals surface area contributed by atoms with Gasteiger partial charge in [0.15, 0.2) is 0 Å². The number of hydrogen-bond donors (Lipinski definition) is 2. The molecular weight excluding hydrogens is 469 g/mol. The maximum absolute atomic E-state index is 14.3. The fourth-order valence-corrected chi connectivity index (χ4v) is 6.46. The smallest absolute Gasteiger partial charge is 0.129 e. The molecule has 1 unspecified atom stereocenters. The number of aryl methyl sites for hydroxylation is 2. The molecule has 0 radical (unpaired) electrons. The molecule has 37 heavy (non-hydrogen) atoms. The predicted molar refractivity (Wildman–Crippen MR) is 141 cm³/mol. The van der Waals surface area contributed by atoms with Gasteiger partial charge >= 0.3 is 0 Å². The molecule has 0 spiro atoms. The van der Waals surface area contributed by atoms with Gasteiger partial charge in [0.05, 0.1) is 17.7 Å². The van der Waals surface area contributed by atoms with Gasteiger partial charge < -0.3 is 19.9 Å². The van der Waals surface area contributed by atoms with E-state index in [0.717, 1.165) is 86.6 Å². The number of unbranched alkanes of at least 4 members (excludes halogenated alkanes) is 1. The van der Waals surface area contributed by atoms with Gasteiger partial charge in [-0.2, -0.15) is 0 Å². The molecule has 0 saturated carbocycles. The Kier molecular flexibility index (Phi) is 6.72. The lowest BCUT2D eigenvalue weighted by atomic mass is 9.82. The Bertz CT molecular complexity index is 1200. The van der Waals surface area contributed by atoms with Crippen LogP contribution in [0, 0.1) is 5.82 Å². The molecular formula is C30H38FN3O3. The van der Waals surface area contributed by atoms with Gasteiger partial charge in [0.1, 0.15) is 23.5 Å². The molecule has 1 aliphatic carbocycles. The maximum atomic E-state index is 14.3. The van der Waals surface area contributed by atoms with Crippen LogP contribution in [0.5, 0.6) is 0 Å². The number of aliphatic hydroxyl groups is 1. The summed E-state index contributed by atoms with van der Waals surface area (Å²) in [4.78, 5) is 7.04. The number of aromatic nitrogens is 1. The Hall–Kier alpha value is -2.48. The zero-order chi connectivity index (χ0) is 25.6. The normalized spacial score (nSPS) is 26.5. The topological polar surface area (TPSA) is 66.9 Å². The van der Waals surface area contributed by atoms with E-state index in [4.69, 9.17) is 14.5 Å². The summed E-state index contributed by atoms with van der Waals surface area (Å²) >= 11 is 0. The number of pyridine rings is 1. The number of nitrogens with one attached hydrogen (secondary N) is 1. The second-order valence-electron chi connectivity index (χ2n) is 11.6. The third-order valence-corrected chi connectivity index (χ3v) is 8.26. The third-order valence-electron chi connectivity index (χ3n) is 8.26. The summed E-state index contributed by atoms with van der Waals surface area (Å²) in [7, 11) is 0. The number of fused-ring (bicyclic) bond motifs is 4. The molecule has 0 bridgehead atoms. The Morgan fingerprint density at radius 2 is 2.11 bits per heavy atom. The molecule has 7 heteroatoms. The Balaban J connectivity index is 1.05. The highest BCUT2D eigenvalue weighted by Gasteiger charge is 2.47.